The van der Waals surface area contributed by atoms with E-state index in [1.54, 1.807) is 0 Å². The Hall–Kier alpha value is -1.92. The summed E-state index contributed by atoms with van der Waals surface area (Å²) in [4.78, 5) is 24.3. The van der Waals surface area contributed by atoms with Crippen LogP contribution in [0.1, 0.15) is 24.0 Å². The lowest BCUT2D eigenvalue weighted by molar-refractivity contribution is -0.137. The third kappa shape index (κ3) is 6.37. The Morgan fingerprint density at radius 3 is 2.48 bits per heavy atom. The number of nitrogens with one attached hydrogen (secondary N) is 1. The molecule has 0 aliphatic rings. The topological polar surface area (TPSA) is 95.7 Å². The minimum atomic E-state index is -0.949. The minimum Gasteiger partial charge on any atom is -0.481 e. The van der Waals surface area contributed by atoms with E-state index in [1.165, 1.54) is 0 Å². The van der Waals surface area contributed by atoms with Crippen LogP contribution in [0.2, 0.25) is 0 Å². The molecule has 1 aromatic rings. The number of hydrogen-bond acceptors (Lipinski definition) is 4. The average Bonchev–Trinajstić information content (AvgIpc) is 2.42. The SMILES string of the molecule is CN(C)Cc1ccccc1CNC(=O)C(N)CCC(=O)O. The fourth-order valence-electron chi connectivity index (χ4n) is 1.95. The molecule has 0 radical (unpaired) electrons. The van der Waals surface area contributed by atoms with Crippen molar-refractivity contribution in [3.8, 4) is 0 Å². The van der Waals surface area contributed by atoms with Crippen molar-refractivity contribution < 1.29 is 14.7 Å². The highest BCUT2D eigenvalue weighted by atomic mass is 16.4. The van der Waals surface area contributed by atoms with Gasteiger partial charge >= 0.3 is 5.97 Å². The number of hydrogen-bond donors (Lipinski definition) is 3. The third-order valence-electron chi connectivity index (χ3n) is 3.06. The lowest BCUT2D eigenvalue weighted by Gasteiger charge is -2.16. The number of nitrogens with zero attached hydrogens (tertiary/aromatic N) is 1. The molecule has 21 heavy (non-hydrogen) atoms. The van der Waals surface area contributed by atoms with Crippen LogP contribution in [0.5, 0.6) is 0 Å². The zero-order valence-electron chi connectivity index (χ0n) is 12.5. The molecule has 6 nitrogen and oxygen atoms in total. The van der Waals surface area contributed by atoms with Crippen molar-refractivity contribution in [2.45, 2.75) is 32.0 Å². The van der Waals surface area contributed by atoms with E-state index >= 15 is 0 Å². The fraction of sp³-hybridized carbons (Fsp3) is 0.467. The number of carbonyl (C=O) groups excluding carboxylic acids is 1. The van der Waals surface area contributed by atoms with E-state index in [2.05, 4.69) is 10.2 Å². The van der Waals surface area contributed by atoms with Gasteiger partial charge in [0.1, 0.15) is 0 Å². The zero-order valence-corrected chi connectivity index (χ0v) is 12.5. The van der Waals surface area contributed by atoms with Crippen molar-refractivity contribution in [1.82, 2.24) is 10.2 Å². The van der Waals surface area contributed by atoms with Crippen molar-refractivity contribution in [2.24, 2.45) is 5.73 Å². The van der Waals surface area contributed by atoms with Crippen molar-refractivity contribution in [2.75, 3.05) is 14.1 Å². The van der Waals surface area contributed by atoms with Gasteiger partial charge < -0.3 is 21.1 Å². The van der Waals surface area contributed by atoms with E-state index in [0.717, 1.165) is 17.7 Å². The van der Waals surface area contributed by atoms with Gasteiger partial charge in [-0.25, -0.2) is 0 Å². The normalized spacial score (nSPS) is 12.2. The Labute approximate surface area is 124 Å². The van der Waals surface area contributed by atoms with Crippen LogP contribution < -0.4 is 11.1 Å². The zero-order chi connectivity index (χ0) is 15.8. The second-order valence-electron chi connectivity index (χ2n) is 5.26. The minimum absolute atomic E-state index is 0.105. The van der Waals surface area contributed by atoms with Crippen molar-refractivity contribution in [1.29, 1.82) is 0 Å². The van der Waals surface area contributed by atoms with E-state index in [1.807, 2.05) is 38.4 Å². The van der Waals surface area contributed by atoms with E-state index in [-0.39, 0.29) is 18.7 Å². The van der Waals surface area contributed by atoms with E-state index in [4.69, 9.17) is 10.8 Å². The molecule has 0 aromatic heterocycles. The fourth-order valence-corrected chi connectivity index (χ4v) is 1.95. The lowest BCUT2D eigenvalue weighted by Crippen LogP contribution is -2.40. The number of aliphatic carboxylic acids is 1. The van der Waals surface area contributed by atoms with Crippen molar-refractivity contribution >= 4 is 11.9 Å². The number of nitrogens with two attached hydrogens (primary N) is 1. The van der Waals surface area contributed by atoms with Crippen LogP contribution in [-0.4, -0.2) is 42.0 Å². The first-order valence-corrected chi connectivity index (χ1v) is 6.86. The maximum atomic E-state index is 11.8. The second-order valence-corrected chi connectivity index (χ2v) is 5.26. The quantitative estimate of drug-likeness (QED) is 0.651. The van der Waals surface area contributed by atoms with Gasteiger partial charge in [-0.1, -0.05) is 24.3 Å². The van der Waals surface area contributed by atoms with Crippen LogP contribution >= 0.6 is 0 Å². The van der Waals surface area contributed by atoms with Gasteiger partial charge in [0.15, 0.2) is 0 Å². The monoisotopic (exact) mass is 293 g/mol. The summed E-state index contributed by atoms with van der Waals surface area (Å²) in [7, 11) is 3.97. The molecular formula is C15H23N3O3. The first-order chi connectivity index (χ1) is 9.90. The predicted octanol–water partition coefficient (Wildman–Crippen LogP) is 0.557. The maximum Gasteiger partial charge on any atom is 0.303 e. The number of carboxylic acid groups (broad SMARTS) is 1. The van der Waals surface area contributed by atoms with Gasteiger partial charge in [0.2, 0.25) is 5.91 Å². The largest absolute Gasteiger partial charge is 0.481 e. The molecule has 0 spiro atoms. The van der Waals surface area contributed by atoms with Gasteiger partial charge in [-0.05, 0) is 31.6 Å². The molecule has 0 fully saturated rings. The Kier molecular flexibility index (Phi) is 6.84. The van der Waals surface area contributed by atoms with Gasteiger partial charge in [-0.3, -0.25) is 9.59 Å². The summed E-state index contributed by atoms with van der Waals surface area (Å²) < 4.78 is 0. The molecule has 0 bridgehead atoms. The molecule has 1 amide bonds. The highest BCUT2D eigenvalue weighted by Gasteiger charge is 2.15. The summed E-state index contributed by atoms with van der Waals surface area (Å²) in [6.45, 7) is 1.18. The standard InChI is InChI=1S/C15H23N3O3/c1-18(2)10-12-6-4-3-5-11(12)9-17-15(21)13(16)7-8-14(19)20/h3-6,13H,7-10,16H2,1-2H3,(H,17,21)(H,19,20). The number of rotatable bonds is 8. The molecule has 1 unspecified atom stereocenters. The van der Waals surface area contributed by atoms with Gasteiger partial charge in [0, 0.05) is 19.5 Å². The van der Waals surface area contributed by atoms with Gasteiger partial charge in [-0.2, -0.15) is 0 Å². The molecule has 6 heteroatoms. The number of carbonyl (C=O) groups is 2. The van der Waals surface area contributed by atoms with E-state index in [9.17, 15) is 9.59 Å². The smallest absolute Gasteiger partial charge is 0.303 e. The summed E-state index contributed by atoms with van der Waals surface area (Å²) in [6.07, 6.45) is 0.0340. The van der Waals surface area contributed by atoms with E-state index in [0.29, 0.717) is 6.54 Å². The molecule has 0 aliphatic carbocycles. The molecule has 1 rings (SSSR count). The molecular weight excluding hydrogens is 270 g/mol. The van der Waals surface area contributed by atoms with Crippen LogP contribution in [0.4, 0.5) is 0 Å². The molecule has 116 valence electrons. The highest BCUT2D eigenvalue weighted by Crippen LogP contribution is 2.10. The molecule has 0 heterocycles. The summed E-state index contributed by atoms with van der Waals surface area (Å²) >= 11 is 0. The highest BCUT2D eigenvalue weighted by molar-refractivity contribution is 5.82. The first kappa shape index (κ1) is 17.1. The van der Waals surface area contributed by atoms with Crippen molar-refractivity contribution in [3.63, 3.8) is 0 Å². The second kappa shape index (κ2) is 8.39. The first-order valence-electron chi connectivity index (χ1n) is 6.86. The average molecular weight is 293 g/mol. The van der Waals surface area contributed by atoms with Gasteiger partial charge in [-0.15, -0.1) is 0 Å². The molecule has 0 saturated carbocycles. The number of amides is 1. The summed E-state index contributed by atoms with van der Waals surface area (Å²) in [5.74, 6) is -1.27. The summed E-state index contributed by atoms with van der Waals surface area (Å²) in [5, 5.41) is 11.3. The Bertz CT molecular complexity index is 489. The van der Waals surface area contributed by atoms with Crippen LogP contribution in [0.15, 0.2) is 24.3 Å². The number of carboxylic acids is 1. The molecule has 0 saturated heterocycles. The van der Waals surface area contributed by atoms with Crippen LogP contribution in [0.3, 0.4) is 0 Å². The summed E-state index contributed by atoms with van der Waals surface area (Å²) in [5.41, 5.74) is 7.84. The van der Waals surface area contributed by atoms with Crippen LogP contribution in [-0.2, 0) is 22.7 Å². The molecule has 1 atom stereocenters. The van der Waals surface area contributed by atoms with Crippen LogP contribution in [0, 0.1) is 0 Å². The summed E-state index contributed by atoms with van der Waals surface area (Å²) in [6, 6.07) is 7.07. The Balaban J connectivity index is 2.54. The van der Waals surface area contributed by atoms with Crippen molar-refractivity contribution in [3.05, 3.63) is 35.4 Å². The molecule has 1 aromatic carbocycles. The number of benzene rings is 1. The maximum absolute atomic E-state index is 11.8. The van der Waals surface area contributed by atoms with Crippen LogP contribution in [0.25, 0.3) is 0 Å². The van der Waals surface area contributed by atoms with Gasteiger partial charge in [0.05, 0.1) is 6.04 Å². The van der Waals surface area contributed by atoms with Gasteiger partial charge in [0.25, 0.3) is 0 Å². The predicted molar refractivity (Wildman–Crippen MR) is 80.5 cm³/mol. The van der Waals surface area contributed by atoms with E-state index < -0.39 is 12.0 Å². The Morgan fingerprint density at radius 2 is 1.90 bits per heavy atom. The molecule has 4 N–H and O–H groups in total. The lowest BCUT2D eigenvalue weighted by atomic mass is 10.1. The third-order valence-corrected chi connectivity index (χ3v) is 3.06. The molecule has 0 aliphatic heterocycles. The Morgan fingerprint density at radius 1 is 1.29 bits per heavy atom.